The Labute approximate surface area is 124 Å². The molecule has 1 aromatic carbocycles. The summed E-state index contributed by atoms with van der Waals surface area (Å²) in [5.74, 6) is 1.15. The fourth-order valence-corrected chi connectivity index (χ4v) is 3.55. The fourth-order valence-electron chi connectivity index (χ4n) is 2.74. The molecule has 1 heterocycles. The molecule has 0 unspecified atom stereocenters. The lowest BCUT2D eigenvalue weighted by Gasteiger charge is -2.35. The van der Waals surface area contributed by atoms with Crippen molar-refractivity contribution in [1.29, 1.82) is 0 Å². The molecule has 1 aliphatic heterocycles. The first kappa shape index (κ1) is 15.1. The van der Waals surface area contributed by atoms with Crippen LogP contribution in [0.25, 0.3) is 0 Å². The van der Waals surface area contributed by atoms with Crippen LogP contribution in [0.15, 0.2) is 24.3 Å². The minimum atomic E-state index is -0.340. The van der Waals surface area contributed by atoms with E-state index in [2.05, 4.69) is 0 Å². The molecule has 2 rings (SSSR count). The second kappa shape index (κ2) is 6.92. The van der Waals surface area contributed by atoms with Crippen molar-refractivity contribution in [3.8, 4) is 0 Å². The molecule has 19 heavy (non-hydrogen) atoms. The van der Waals surface area contributed by atoms with Crippen molar-refractivity contribution in [3.05, 3.63) is 35.6 Å². The Balaban J connectivity index is 2.20. The van der Waals surface area contributed by atoms with Gasteiger partial charge in [-0.25, -0.2) is 4.39 Å². The van der Waals surface area contributed by atoms with Gasteiger partial charge in [0.25, 0.3) is 0 Å². The first-order valence-corrected chi connectivity index (χ1v) is 7.73. The van der Waals surface area contributed by atoms with E-state index in [1.165, 1.54) is 6.07 Å². The highest BCUT2D eigenvalue weighted by molar-refractivity contribution is 6.22. The van der Waals surface area contributed by atoms with Crippen molar-refractivity contribution < 1.29 is 9.13 Å². The quantitative estimate of drug-likeness (QED) is 0.735. The molecule has 0 N–H and O–H groups in total. The second-order valence-electron chi connectivity index (χ2n) is 5.32. The number of ether oxygens (including phenoxy) is 1. The predicted octanol–water partition coefficient (Wildman–Crippen LogP) is 4.36. The third-order valence-corrected chi connectivity index (χ3v) is 4.99. The molecule has 106 valence electrons. The summed E-state index contributed by atoms with van der Waals surface area (Å²) in [6.07, 6.45) is 2.96. The standard InChI is InChI=1S/C15H19Cl2FO/c16-10-15(11-17,9-12-4-6-19-7-5-12)13-2-1-3-14(18)8-13/h1-3,8,12H,4-7,9-11H2. The molecule has 1 nitrogen and oxygen atoms in total. The van der Waals surface area contributed by atoms with Gasteiger partial charge in [-0.1, -0.05) is 12.1 Å². The maximum Gasteiger partial charge on any atom is 0.123 e. The normalized spacial score (nSPS) is 17.6. The molecule has 1 saturated heterocycles. The van der Waals surface area contributed by atoms with Gasteiger partial charge in [0, 0.05) is 30.4 Å². The average Bonchev–Trinajstić information content (AvgIpc) is 2.46. The van der Waals surface area contributed by atoms with E-state index in [-0.39, 0.29) is 11.2 Å². The Morgan fingerprint density at radius 3 is 2.47 bits per heavy atom. The maximum absolute atomic E-state index is 13.4. The minimum Gasteiger partial charge on any atom is -0.381 e. The second-order valence-corrected chi connectivity index (χ2v) is 5.85. The summed E-state index contributed by atoms with van der Waals surface area (Å²) in [4.78, 5) is 0. The van der Waals surface area contributed by atoms with Crippen molar-refractivity contribution in [2.24, 2.45) is 5.92 Å². The van der Waals surface area contributed by atoms with Gasteiger partial charge in [0.15, 0.2) is 0 Å². The van der Waals surface area contributed by atoms with Gasteiger partial charge in [-0.05, 0) is 42.9 Å². The highest BCUT2D eigenvalue weighted by Crippen LogP contribution is 2.37. The summed E-state index contributed by atoms with van der Waals surface area (Å²) in [6, 6.07) is 6.66. The predicted molar refractivity (Wildman–Crippen MR) is 77.7 cm³/mol. The molecular formula is C15H19Cl2FO. The van der Waals surface area contributed by atoms with Gasteiger partial charge >= 0.3 is 0 Å². The van der Waals surface area contributed by atoms with Gasteiger partial charge in [0.05, 0.1) is 0 Å². The summed E-state index contributed by atoms with van der Waals surface area (Å²) in [6.45, 7) is 1.60. The topological polar surface area (TPSA) is 9.23 Å². The zero-order chi connectivity index (χ0) is 13.7. The molecule has 1 aromatic rings. The zero-order valence-corrected chi connectivity index (χ0v) is 12.4. The first-order valence-electron chi connectivity index (χ1n) is 6.66. The van der Waals surface area contributed by atoms with Crippen LogP contribution in [-0.2, 0) is 10.2 Å². The van der Waals surface area contributed by atoms with E-state index in [0.29, 0.717) is 17.7 Å². The number of rotatable bonds is 5. The Hall–Kier alpha value is -0.310. The van der Waals surface area contributed by atoms with Gasteiger partial charge in [0.1, 0.15) is 5.82 Å². The number of hydrogen-bond donors (Lipinski definition) is 0. The number of alkyl halides is 2. The van der Waals surface area contributed by atoms with Gasteiger partial charge in [-0.15, -0.1) is 23.2 Å². The summed E-state index contributed by atoms with van der Waals surface area (Å²) < 4.78 is 18.8. The van der Waals surface area contributed by atoms with Gasteiger partial charge < -0.3 is 4.74 Å². The molecule has 0 saturated carbocycles. The highest BCUT2D eigenvalue weighted by Gasteiger charge is 2.34. The largest absolute Gasteiger partial charge is 0.381 e. The van der Waals surface area contributed by atoms with Gasteiger partial charge in [-0.3, -0.25) is 0 Å². The SMILES string of the molecule is Fc1cccc(C(CCl)(CCl)CC2CCOCC2)c1. The lowest BCUT2D eigenvalue weighted by atomic mass is 9.75. The Bertz CT molecular complexity index is 401. The summed E-state index contributed by atoms with van der Waals surface area (Å²) in [7, 11) is 0. The molecule has 1 fully saturated rings. The monoisotopic (exact) mass is 304 g/mol. The van der Waals surface area contributed by atoms with E-state index in [1.807, 2.05) is 6.07 Å². The summed E-state index contributed by atoms with van der Waals surface area (Å²) in [5, 5.41) is 0. The van der Waals surface area contributed by atoms with Gasteiger partial charge in [0.2, 0.25) is 0 Å². The van der Waals surface area contributed by atoms with Crippen LogP contribution in [0.3, 0.4) is 0 Å². The summed E-state index contributed by atoms with van der Waals surface area (Å²) in [5.41, 5.74) is 0.566. The third kappa shape index (κ3) is 3.62. The van der Waals surface area contributed by atoms with E-state index in [4.69, 9.17) is 27.9 Å². The lowest BCUT2D eigenvalue weighted by molar-refractivity contribution is 0.0581. The lowest BCUT2D eigenvalue weighted by Crippen LogP contribution is -2.35. The van der Waals surface area contributed by atoms with Crippen LogP contribution in [0.4, 0.5) is 4.39 Å². The number of halogens is 3. The van der Waals surface area contributed by atoms with Crippen molar-refractivity contribution >= 4 is 23.2 Å². The molecule has 0 aliphatic carbocycles. The van der Waals surface area contributed by atoms with E-state index >= 15 is 0 Å². The molecule has 0 radical (unpaired) electrons. The molecule has 4 heteroatoms. The summed E-state index contributed by atoms with van der Waals surface area (Å²) >= 11 is 12.4. The van der Waals surface area contributed by atoms with Crippen LogP contribution in [-0.4, -0.2) is 25.0 Å². The zero-order valence-electron chi connectivity index (χ0n) is 10.9. The van der Waals surface area contributed by atoms with E-state index in [0.717, 1.165) is 38.0 Å². The van der Waals surface area contributed by atoms with Crippen molar-refractivity contribution in [2.75, 3.05) is 25.0 Å². The number of benzene rings is 1. The van der Waals surface area contributed by atoms with Crippen LogP contribution in [0.1, 0.15) is 24.8 Å². The maximum atomic E-state index is 13.4. The van der Waals surface area contributed by atoms with E-state index < -0.39 is 0 Å². The molecule has 0 aromatic heterocycles. The van der Waals surface area contributed by atoms with Crippen molar-refractivity contribution in [1.82, 2.24) is 0 Å². The van der Waals surface area contributed by atoms with Crippen LogP contribution in [0.5, 0.6) is 0 Å². The third-order valence-electron chi connectivity index (χ3n) is 3.97. The first-order chi connectivity index (χ1) is 9.20. The molecule has 0 amide bonds. The molecule has 0 bridgehead atoms. The Kier molecular flexibility index (Phi) is 5.49. The molecule has 0 spiro atoms. The van der Waals surface area contributed by atoms with Crippen LogP contribution < -0.4 is 0 Å². The smallest absolute Gasteiger partial charge is 0.123 e. The average molecular weight is 305 g/mol. The van der Waals surface area contributed by atoms with Crippen LogP contribution >= 0.6 is 23.2 Å². The van der Waals surface area contributed by atoms with E-state index in [9.17, 15) is 4.39 Å². The van der Waals surface area contributed by atoms with Crippen molar-refractivity contribution in [2.45, 2.75) is 24.7 Å². The van der Waals surface area contributed by atoms with Crippen molar-refractivity contribution in [3.63, 3.8) is 0 Å². The minimum absolute atomic E-state index is 0.232. The molecular weight excluding hydrogens is 286 g/mol. The van der Waals surface area contributed by atoms with Crippen LogP contribution in [0.2, 0.25) is 0 Å². The fraction of sp³-hybridized carbons (Fsp3) is 0.600. The van der Waals surface area contributed by atoms with E-state index in [1.54, 1.807) is 12.1 Å². The number of hydrogen-bond acceptors (Lipinski definition) is 1. The Morgan fingerprint density at radius 2 is 1.89 bits per heavy atom. The highest BCUT2D eigenvalue weighted by atomic mass is 35.5. The van der Waals surface area contributed by atoms with Gasteiger partial charge in [-0.2, -0.15) is 0 Å². The molecule has 1 aliphatic rings. The Morgan fingerprint density at radius 1 is 1.21 bits per heavy atom. The van der Waals surface area contributed by atoms with Crippen LogP contribution in [0, 0.1) is 11.7 Å². The molecule has 0 atom stereocenters.